The number of hydrogen-bond donors (Lipinski definition) is 2. The zero-order chi connectivity index (χ0) is 12.0. The van der Waals surface area contributed by atoms with Crippen molar-refractivity contribution < 1.29 is 14.6 Å². The van der Waals surface area contributed by atoms with E-state index in [2.05, 4.69) is 12.2 Å². The number of unbranched alkanes of at least 4 members (excludes halogenated alkanes) is 1. The normalized spacial score (nSPS) is 9.88. The zero-order valence-electron chi connectivity index (χ0n) is 9.62. The molecule has 0 spiro atoms. The predicted octanol–water partition coefficient (Wildman–Crippen LogP) is 2.61. The van der Waals surface area contributed by atoms with Gasteiger partial charge in [-0.2, -0.15) is 0 Å². The molecule has 1 aromatic rings. The molecule has 0 aliphatic carbocycles. The molecule has 0 aliphatic heterocycles. The third-order valence-corrected chi connectivity index (χ3v) is 2.26. The highest BCUT2D eigenvalue weighted by Crippen LogP contribution is 2.22. The Bertz CT molecular complexity index is 363. The summed E-state index contributed by atoms with van der Waals surface area (Å²) in [6, 6.07) is 4.94. The monoisotopic (exact) mass is 223 g/mol. The van der Waals surface area contributed by atoms with Gasteiger partial charge in [-0.25, -0.2) is 4.79 Å². The van der Waals surface area contributed by atoms with E-state index in [1.807, 2.05) is 0 Å². The van der Waals surface area contributed by atoms with Crippen LogP contribution in [0.2, 0.25) is 0 Å². The lowest BCUT2D eigenvalue weighted by molar-refractivity contribution is 0.0698. The SMILES string of the molecule is CCCCOc1ccc(C(=O)O)c(NC)c1. The number of ether oxygens (including phenoxy) is 1. The summed E-state index contributed by atoms with van der Waals surface area (Å²) in [5.41, 5.74) is 0.826. The predicted molar refractivity (Wildman–Crippen MR) is 63.4 cm³/mol. The molecule has 0 atom stereocenters. The number of benzene rings is 1. The first kappa shape index (κ1) is 12.4. The number of carbonyl (C=O) groups is 1. The molecule has 4 nitrogen and oxygen atoms in total. The van der Waals surface area contributed by atoms with Gasteiger partial charge in [0.1, 0.15) is 5.75 Å². The van der Waals surface area contributed by atoms with E-state index in [1.165, 1.54) is 0 Å². The Kier molecular flexibility index (Phi) is 4.64. The number of anilines is 1. The fourth-order valence-electron chi connectivity index (χ4n) is 1.34. The Labute approximate surface area is 95.2 Å². The van der Waals surface area contributed by atoms with Crippen LogP contribution in [0.3, 0.4) is 0 Å². The third kappa shape index (κ3) is 3.15. The molecule has 0 heterocycles. The highest BCUT2D eigenvalue weighted by molar-refractivity contribution is 5.94. The Balaban J connectivity index is 2.78. The number of aromatic carboxylic acids is 1. The smallest absolute Gasteiger partial charge is 0.337 e. The fraction of sp³-hybridized carbons (Fsp3) is 0.417. The lowest BCUT2D eigenvalue weighted by atomic mass is 10.1. The van der Waals surface area contributed by atoms with E-state index in [-0.39, 0.29) is 5.56 Å². The minimum atomic E-state index is -0.940. The maximum atomic E-state index is 10.9. The lowest BCUT2D eigenvalue weighted by Gasteiger charge is -2.09. The van der Waals surface area contributed by atoms with Gasteiger partial charge in [0.2, 0.25) is 0 Å². The van der Waals surface area contributed by atoms with Crippen molar-refractivity contribution in [1.29, 1.82) is 0 Å². The van der Waals surface area contributed by atoms with Crippen molar-refractivity contribution in [2.24, 2.45) is 0 Å². The van der Waals surface area contributed by atoms with Crippen molar-refractivity contribution in [3.05, 3.63) is 23.8 Å². The molecule has 4 heteroatoms. The van der Waals surface area contributed by atoms with Crippen LogP contribution < -0.4 is 10.1 Å². The van der Waals surface area contributed by atoms with E-state index >= 15 is 0 Å². The molecular formula is C12H17NO3. The van der Waals surface area contributed by atoms with Crippen LogP contribution >= 0.6 is 0 Å². The Morgan fingerprint density at radius 2 is 2.25 bits per heavy atom. The van der Waals surface area contributed by atoms with Crippen molar-refractivity contribution in [2.75, 3.05) is 19.0 Å². The first-order valence-electron chi connectivity index (χ1n) is 5.37. The van der Waals surface area contributed by atoms with Crippen LogP contribution in [0, 0.1) is 0 Å². The van der Waals surface area contributed by atoms with Crippen LogP contribution in [-0.4, -0.2) is 24.7 Å². The quantitative estimate of drug-likeness (QED) is 0.728. The van der Waals surface area contributed by atoms with E-state index in [4.69, 9.17) is 9.84 Å². The fourth-order valence-corrected chi connectivity index (χ4v) is 1.34. The molecule has 0 saturated carbocycles. The number of nitrogens with one attached hydrogen (secondary N) is 1. The van der Waals surface area contributed by atoms with Crippen LogP contribution in [0.5, 0.6) is 5.75 Å². The van der Waals surface area contributed by atoms with E-state index in [1.54, 1.807) is 25.2 Å². The highest BCUT2D eigenvalue weighted by atomic mass is 16.5. The molecule has 1 aromatic carbocycles. The Morgan fingerprint density at radius 3 is 2.81 bits per heavy atom. The molecule has 0 bridgehead atoms. The maximum absolute atomic E-state index is 10.9. The zero-order valence-corrected chi connectivity index (χ0v) is 9.62. The first-order chi connectivity index (χ1) is 7.69. The number of carboxylic acids is 1. The van der Waals surface area contributed by atoms with Gasteiger partial charge in [-0.1, -0.05) is 13.3 Å². The molecule has 0 unspecified atom stereocenters. The van der Waals surface area contributed by atoms with Crippen molar-refractivity contribution in [3.63, 3.8) is 0 Å². The molecule has 0 amide bonds. The van der Waals surface area contributed by atoms with Gasteiger partial charge in [-0.3, -0.25) is 0 Å². The Hall–Kier alpha value is -1.71. The maximum Gasteiger partial charge on any atom is 0.337 e. The van der Waals surface area contributed by atoms with Crippen LogP contribution in [-0.2, 0) is 0 Å². The largest absolute Gasteiger partial charge is 0.494 e. The summed E-state index contributed by atoms with van der Waals surface area (Å²) in [4.78, 5) is 10.9. The standard InChI is InChI=1S/C12H17NO3/c1-3-4-7-16-9-5-6-10(12(14)15)11(8-9)13-2/h5-6,8,13H,3-4,7H2,1-2H3,(H,14,15). The molecule has 0 saturated heterocycles. The molecule has 88 valence electrons. The van der Waals surface area contributed by atoms with Gasteiger partial charge in [0.05, 0.1) is 17.9 Å². The third-order valence-electron chi connectivity index (χ3n) is 2.26. The molecule has 1 rings (SSSR count). The lowest BCUT2D eigenvalue weighted by Crippen LogP contribution is -2.04. The molecule has 16 heavy (non-hydrogen) atoms. The van der Waals surface area contributed by atoms with E-state index < -0.39 is 5.97 Å². The Morgan fingerprint density at radius 1 is 1.50 bits per heavy atom. The number of hydrogen-bond acceptors (Lipinski definition) is 3. The van der Waals surface area contributed by atoms with Gasteiger partial charge in [0, 0.05) is 13.1 Å². The highest BCUT2D eigenvalue weighted by Gasteiger charge is 2.09. The number of rotatable bonds is 6. The molecule has 0 fully saturated rings. The van der Waals surface area contributed by atoms with Crippen molar-refractivity contribution >= 4 is 11.7 Å². The summed E-state index contributed by atoms with van der Waals surface area (Å²) in [6.07, 6.45) is 2.07. The van der Waals surface area contributed by atoms with Crippen molar-refractivity contribution in [3.8, 4) is 5.75 Å². The minimum absolute atomic E-state index is 0.255. The summed E-state index contributed by atoms with van der Waals surface area (Å²) in [5, 5.41) is 11.8. The summed E-state index contributed by atoms with van der Waals surface area (Å²) in [5.74, 6) is -0.243. The number of carboxylic acid groups (broad SMARTS) is 1. The second-order valence-corrected chi connectivity index (χ2v) is 3.46. The molecule has 0 radical (unpaired) electrons. The van der Waals surface area contributed by atoms with E-state index in [9.17, 15) is 4.79 Å². The molecule has 2 N–H and O–H groups in total. The van der Waals surface area contributed by atoms with Crippen LogP contribution in [0.4, 0.5) is 5.69 Å². The van der Waals surface area contributed by atoms with Gasteiger partial charge in [0.25, 0.3) is 0 Å². The summed E-state index contributed by atoms with van der Waals surface area (Å²) in [7, 11) is 1.69. The van der Waals surface area contributed by atoms with Crippen LogP contribution in [0.25, 0.3) is 0 Å². The van der Waals surface area contributed by atoms with Crippen LogP contribution in [0.1, 0.15) is 30.1 Å². The molecule has 0 aromatic heterocycles. The summed E-state index contributed by atoms with van der Waals surface area (Å²) >= 11 is 0. The van der Waals surface area contributed by atoms with Gasteiger partial charge in [0.15, 0.2) is 0 Å². The van der Waals surface area contributed by atoms with Gasteiger partial charge in [-0.15, -0.1) is 0 Å². The summed E-state index contributed by atoms with van der Waals surface area (Å²) in [6.45, 7) is 2.75. The van der Waals surface area contributed by atoms with E-state index in [0.29, 0.717) is 18.0 Å². The van der Waals surface area contributed by atoms with Crippen molar-refractivity contribution in [1.82, 2.24) is 0 Å². The average molecular weight is 223 g/mol. The first-order valence-corrected chi connectivity index (χ1v) is 5.37. The topological polar surface area (TPSA) is 58.6 Å². The van der Waals surface area contributed by atoms with Crippen LogP contribution in [0.15, 0.2) is 18.2 Å². The minimum Gasteiger partial charge on any atom is -0.494 e. The second kappa shape index (κ2) is 6.00. The van der Waals surface area contributed by atoms with E-state index in [0.717, 1.165) is 12.8 Å². The van der Waals surface area contributed by atoms with Gasteiger partial charge >= 0.3 is 5.97 Å². The molecular weight excluding hydrogens is 206 g/mol. The van der Waals surface area contributed by atoms with Gasteiger partial charge in [-0.05, 0) is 18.6 Å². The van der Waals surface area contributed by atoms with Gasteiger partial charge < -0.3 is 15.2 Å². The second-order valence-electron chi connectivity index (χ2n) is 3.46. The summed E-state index contributed by atoms with van der Waals surface area (Å²) < 4.78 is 5.49. The molecule has 0 aliphatic rings. The average Bonchev–Trinajstić information content (AvgIpc) is 2.29. The van der Waals surface area contributed by atoms with Crippen molar-refractivity contribution in [2.45, 2.75) is 19.8 Å².